The number of hydrogen-bond acceptors (Lipinski definition) is 6. The topological polar surface area (TPSA) is 85.3 Å². The predicted octanol–water partition coefficient (Wildman–Crippen LogP) is 4.19. The summed E-state index contributed by atoms with van der Waals surface area (Å²) in [4.78, 5) is 27.5. The minimum atomic E-state index is -0.715. The van der Waals surface area contributed by atoms with Gasteiger partial charge in [0.25, 0.3) is 11.7 Å². The molecule has 1 heterocycles. The van der Waals surface area contributed by atoms with Crippen LogP contribution in [0.5, 0.6) is 11.5 Å². The molecule has 0 radical (unpaired) electrons. The summed E-state index contributed by atoms with van der Waals surface area (Å²) in [5, 5.41) is 11.2. The van der Waals surface area contributed by atoms with Crippen LogP contribution in [0.15, 0.2) is 54.1 Å². The van der Waals surface area contributed by atoms with E-state index >= 15 is 0 Å². The summed E-state index contributed by atoms with van der Waals surface area (Å²) in [5.74, 6) is 0.0150. The number of nitrogens with zero attached hydrogens (tertiary/aromatic N) is 1. The number of amides is 1. The van der Waals surface area contributed by atoms with Crippen molar-refractivity contribution in [3.8, 4) is 11.5 Å². The molecule has 1 aliphatic rings. The lowest BCUT2D eigenvalue weighted by molar-refractivity contribution is -0.140. The Morgan fingerprint density at radius 2 is 1.79 bits per heavy atom. The van der Waals surface area contributed by atoms with Crippen LogP contribution in [0.25, 0.3) is 5.76 Å². The largest absolute Gasteiger partial charge is 0.507 e. The Bertz CT molecular complexity index is 1010. The Morgan fingerprint density at radius 3 is 2.42 bits per heavy atom. The molecule has 1 atom stereocenters. The van der Waals surface area contributed by atoms with E-state index in [2.05, 4.69) is 0 Å². The number of rotatable bonds is 10. The number of aliphatic hydroxyl groups excluding tert-OH is 1. The molecule has 1 amide bonds. The van der Waals surface area contributed by atoms with Gasteiger partial charge in [-0.3, -0.25) is 9.59 Å². The number of methoxy groups -OCH3 is 2. The highest BCUT2D eigenvalue weighted by Crippen LogP contribution is 2.40. The first-order chi connectivity index (χ1) is 15.9. The van der Waals surface area contributed by atoms with Crippen molar-refractivity contribution in [2.75, 3.05) is 34.0 Å². The van der Waals surface area contributed by atoms with E-state index in [1.807, 2.05) is 13.8 Å². The van der Waals surface area contributed by atoms with Gasteiger partial charge in [0.1, 0.15) is 17.3 Å². The maximum Gasteiger partial charge on any atom is 0.295 e. The third kappa shape index (κ3) is 5.54. The van der Waals surface area contributed by atoms with Gasteiger partial charge in [0, 0.05) is 25.8 Å². The predicted molar refractivity (Wildman–Crippen MR) is 125 cm³/mol. The molecular formula is C26H31NO6. The van der Waals surface area contributed by atoms with Gasteiger partial charge in [-0.25, -0.2) is 0 Å². The van der Waals surface area contributed by atoms with Gasteiger partial charge in [0.15, 0.2) is 0 Å². The number of ketones is 1. The Balaban J connectivity index is 2.05. The van der Waals surface area contributed by atoms with Gasteiger partial charge in [-0.2, -0.15) is 0 Å². The monoisotopic (exact) mass is 453 g/mol. The van der Waals surface area contributed by atoms with Crippen LogP contribution >= 0.6 is 0 Å². The van der Waals surface area contributed by atoms with E-state index < -0.39 is 17.7 Å². The molecule has 3 rings (SSSR count). The van der Waals surface area contributed by atoms with E-state index in [0.29, 0.717) is 54.7 Å². The van der Waals surface area contributed by atoms with Crippen LogP contribution in [-0.4, -0.2) is 55.7 Å². The number of aliphatic hydroxyl groups is 1. The molecule has 33 heavy (non-hydrogen) atoms. The molecule has 2 aromatic carbocycles. The van der Waals surface area contributed by atoms with Crippen LogP contribution < -0.4 is 9.47 Å². The smallest absolute Gasteiger partial charge is 0.295 e. The van der Waals surface area contributed by atoms with Crippen molar-refractivity contribution in [2.24, 2.45) is 5.92 Å². The van der Waals surface area contributed by atoms with Crippen molar-refractivity contribution >= 4 is 17.4 Å². The number of Topliss-reactive ketones (excluding diaryl/α,β-unsaturated/α-hetero) is 1. The van der Waals surface area contributed by atoms with Gasteiger partial charge in [0.05, 0.1) is 25.3 Å². The van der Waals surface area contributed by atoms with E-state index in [1.54, 1.807) is 62.8 Å². The molecule has 1 fully saturated rings. The van der Waals surface area contributed by atoms with Crippen LogP contribution in [0.1, 0.15) is 37.4 Å². The number of benzene rings is 2. The second-order valence-electron chi connectivity index (χ2n) is 8.34. The first kappa shape index (κ1) is 24.3. The third-order valence-corrected chi connectivity index (χ3v) is 5.41. The molecule has 0 bridgehead atoms. The van der Waals surface area contributed by atoms with Crippen molar-refractivity contribution in [2.45, 2.75) is 26.3 Å². The average Bonchev–Trinajstić information content (AvgIpc) is 3.07. The molecule has 0 saturated carbocycles. The van der Waals surface area contributed by atoms with Crippen molar-refractivity contribution < 1.29 is 28.9 Å². The Kier molecular flexibility index (Phi) is 8.11. The second-order valence-corrected chi connectivity index (χ2v) is 8.34. The van der Waals surface area contributed by atoms with E-state index in [9.17, 15) is 14.7 Å². The average molecular weight is 454 g/mol. The minimum absolute atomic E-state index is 0.0589. The number of carbonyl (C=O) groups is 2. The Labute approximate surface area is 194 Å². The zero-order valence-electron chi connectivity index (χ0n) is 19.5. The van der Waals surface area contributed by atoms with Gasteiger partial charge in [-0.15, -0.1) is 0 Å². The fraction of sp³-hybridized carbons (Fsp3) is 0.385. The van der Waals surface area contributed by atoms with E-state index in [1.165, 1.54) is 4.90 Å². The maximum absolute atomic E-state index is 13.1. The quantitative estimate of drug-likeness (QED) is 0.251. The van der Waals surface area contributed by atoms with Crippen LogP contribution in [0.4, 0.5) is 0 Å². The highest BCUT2D eigenvalue weighted by Gasteiger charge is 2.45. The molecule has 0 spiro atoms. The Morgan fingerprint density at radius 1 is 1.06 bits per heavy atom. The van der Waals surface area contributed by atoms with Gasteiger partial charge in [-0.1, -0.05) is 38.1 Å². The number of hydrogen-bond donors (Lipinski definition) is 1. The summed E-state index contributed by atoms with van der Waals surface area (Å²) in [6.07, 6.45) is 0.564. The summed E-state index contributed by atoms with van der Waals surface area (Å²) in [6, 6.07) is 13.3. The molecule has 0 aliphatic carbocycles. The summed E-state index contributed by atoms with van der Waals surface area (Å²) in [7, 11) is 3.16. The van der Waals surface area contributed by atoms with Crippen LogP contribution in [0, 0.1) is 5.92 Å². The lowest BCUT2D eigenvalue weighted by atomic mass is 9.95. The second kappa shape index (κ2) is 11.0. The van der Waals surface area contributed by atoms with Gasteiger partial charge in [-0.05, 0) is 42.2 Å². The number of likely N-dealkylation sites (tertiary alicyclic amines) is 1. The molecule has 1 N–H and O–H groups in total. The van der Waals surface area contributed by atoms with E-state index in [-0.39, 0.29) is 11.3 Å². The first-order valence-electron chi connectivity index (χ1n) is 11.0. The summed E-state index contributed by atoms with van der Waals surface area (Å²) in [6.45, 7) is 5.39. The number of carbonyl (C=O) groups excluding carboxylic acids is 2. The maximum atomic E-state index is 13.1. The van der Waals surface area contributed by atoms with Crippen molar-refractivity contribution in [3.63, 3.8) is 0 Å². The van der Waals surface area contributed by atoms with Crippen LogP contribution in [0.3, 0.4) is 0 Å². The van der Waals surface area contributed by atoms with Gasteiger partial charge in [0.2, 0.25) is 0 Å². The lowest BCUT2D eigenvalue weighted by Crippen LogP contribution is -2.31. The molecular weight excluding hydrogens is 422 g/mol. The Hall–Kier alpha value is -3.32. The van der Waals surface area contributed by atoms with Crippen molar-refractivity contribution in [1.82, 2.24) is 4.90 Å². The minimum Gasteiger partial charge on any atom is -0.507 e. The molecule has 176 valence electrons. The zero-order valence-corrected chi connectivity index (χ0v) is 19.5. The molecule has 0 aromatic heterocycles. The summed E-state index contributed by atoms with van der Waals surface area (Å²) in [5.41, 5.74) is 1.19. The molecule has 1 saturated heterocycles. The van der Waals surface area contributed by atoms with Gasteiger partial charge >= 0.3 is 0 Å². The lowest BCUT2D eigenvalue weighted by Gasteiger charge is -2.25. The molecule has 7 nitrogen and oxygen atoms in total. The molecule has 1 aliphatic heterocycles. The first-order valence-corrected chi connectivity index (χ1v) is 11.0. The van der Waals surface area contributed by atoms with Crippen molar-refractivity contribution in [1.29, 1.82) is 0 Å². The normalized spacial score (nSPS) is 17.6. The zero-order chi connectivity index (χ0) is 24.0. The summed E-state index contributed by atoms with van der Waals surface area (Å²) < 4.78 is 16.1. The standard InChI is InChI=1S/C26H31NO6/c1-17(2)16-33-21-8-5-7-19(15-21)24(28)22-23(18-9-11-20(32-4)12-10-18)27(13-6-14-31-3)26(30)25(22)29/h5,7-12,15,17,23,28H,6,13-14,16H2,1-4H3/b24-22-. The highest BCUT2D eigenvalue weighted by atomic mass is 16.5. The van der Waals surface area contributed by atoms with Crippen LogP contribution in [0.2, 0.25) is 0 Å². The molecule has 1 unspecified atom stereocenters. The fourth-order valence-electron chi connectivity index (χ4n) is 3.77. The van der Waals surface area contributed by atoms with Gasteiger partial charge < -0.3 is 24.2 Å². The van der Waals surface area contributed by atoms with E-state index in [4.69, 9.17) is 14.2 Å². The SMILES string of the molecule is COCCCN1C(=O)C(=O)/C(=C(\O)c2cccc(OCC(C)C)c2)C1c1ccc(OC)cc1. The molecule has 7 heteroatoms. The number of ether oxygens (including phenoxy) is 3. The van der Waals surface area contributed by atoms with E-state index in [0.717, 1.165) is 0 Å². The van der Waals surface area contributed by atoms with Crippen molar-refractivity contribution in [3.05, 3.63) is 65.2 Å². The van der Waals surface area contributed by atoms with Crippen LogP contribution in [-0.2, 0) is 14.3 Å². The highest BCUT2D eigenvalue weighted by molar-refractivity contribution is 6.46. The summed E-state index contributed by atoms with van der Waals surface area (Å²) >= 11 is 0. The third-order valence-electron chi connectivity index (χ3n) is 5.41. The molecule has 2 aromatic rings. The fourth-order valence-corrected chi connectivity index (χ4v) is 3.77.